The molecule has 0 aliphatic carbocycles. The van der Waals surface area contributed by atoms with Gasteiger partial charge in [0.2, 0.25) is 5.89 Å². The van der Waals surface area contributed by atoms with E-state index in [2.05, 4.69) is 72.8 Å². The second-order valence-electron chi connectivity index (χ2n) is 14.2. The fourth-order valence-electron chi connectivity index (χ4n) is 8.00. The molecule has 0 spiro atoms. The molecule has 0 atom stereocenters. The second-order valence-corrected chi connectivity index (χ2v) is 14.2. The first-order valence-corrected chi connectivity index (χ1v) is 18.8. The summed E-state index contributed by atoms with van der Waals surface area (Å²) in [7, 11) is 0. The topological polar surface area (TPSA) is 91.0 Å². The van der Waals surface area contributed by atoms with Gasteiger partial charge in [-0.2, -0.15) is 0 Å². The molecule has 12 rings (SSSR count). The predicted molar refractivity (Wildman–Crippen MR) is 227 cm³/mol. The van der Waals surface area contributed by atoms with Crippen LogP contribution in [0, 0.1) is 0 Å². The van der Waals surface area contributed by atoms with Crippen molar-refractivity contribution in [2.75, 3.05) is 0 Å². The molecule has 0 saturated heterocycles. The van der Waals surface area contributed by atoms with E-state index in [1.165, 1.54) is 0 Å². The molecule has 0 fully saturated rings. The van der Waals surface area contributed by atoms with Crippen LogP contribution in [-0.4, -0.2) is 19.9 Å². The van der Waals surface area contributed by atoms with E-state index >= 15 is 0 Å². The Morgan fingerprint density at radius 1 is 0.298 bits per heavy atom. The van der Waals surface area contributed by atoms with Gasteiger partial charge in [-0.1, -0.05) is 103 Å². The maximum Gasteiger partial charge on any atom is 0.227 e. The van der Waals surface area contributed by atoms with Gasteiger partial charge in [-0.15, -0.1) is 0 Å². The first-order valence-electron chi connectivity index (χ1n) is 18.8. The number of oxazole rings is 1. The monoisotopic (exact) mass is 732 g/mol. The molecule has 7 nitrogen and oxygen atoms in total. The normalized spacial score (nSPS) is 11.9. The number of furan rings is 2. The SMILES string of the molecule is c1ccc(-c2cccc(-c3nc(-c4ccc5oc6ccccc6c5c4)nc(-c4ccc5ccc6oc7ccc8oc(-c9ccccc9)nc8c7c6c5c4)n3)c2)cc1. The highest BCUT2D eigenvalue weighted by Gasteiger charge is 2.20. The molecule has 0 radical (unpaired) electrons. The Kier molecular flexibility index (Phi) is 6.79. The lowest BCUT2D eigenvalue weighted by Gasteiger charge is -2.10. The lowest BCUT2D eigenvalue weighted by atomic mass is 10.0. The number of hydrogen-bond donors (Lipinski definition) is 0. The highest BCUT2D eigenvalue weighted by molar-refractivity contribution is 6.25. The Balaban J connectivity index is 1.08. The highest BCUT2D eigenvalue weighted by Crippen LogP contribution is 2.41. The largest absolute Gasteiger partial charge is 0.456 e. The average Bonchev–Trinajstić information content (AvgIpc) is 4.00. The van der Waals surface area contributed by atoms with Crippen molar-refractivity contribution in [3.05, 3.63) is 170 Å². The molecule has 266 valence electrons. The number of rotatable bonds is 5. The lowest BCUT2D eigenvalue weighted by molar-refractivity contribution is 0.619. The average molecular weight is 733 g/mol. The lowest BCUT2D eigenvalue weighted by Crippen LogP contribution is -2.00. The van der Waals surface area contributed by atoms with Gasteiger partial charge in [0.1, 0.15) is 27.8 Å². The molecule has 7 heteroatoms. The van der Waals surface area contributed by atoms with Crippen LogP contribution in [0.4, 0.5) is 0 Å². The van der Waals surface area contributed by atoms with Gasteiger partial charge in [0.15, 0.2) is 23.1 Å². The molecule has 4 heterocycles. The van der Waals surface area contributed by atoms with Gasteiger partial charge in [0, 0.05) is 38.4 Å². The van der Waals surface area contributed by atoms with E-state index in [0.717, 1.165) is 93.5 Å². The molecule has 0 aliphatic heterocycles. The zero-order valence-corrected chi connectivity index (χ0v) is 30.2. The van der Waals surface area contributed by atoms with Crippen LogP contribution < -0.4 is 0 Å². The van der Waals surface area contributed by atoms with Gasteiger partial charge in [-0.05, 0) is 88.6 Å². The number of fused-ring (bicyclic) bond motifs is 10. The first kappa shape index (κ1) is 31.5. The highest BCUT2D eigenvalue weighted by atomic mass is 16.4. The third-order valence-corrected chi connectivity index (χ3v) is 10.8. The van der Waals surface area contributed by atoms with Crippen molar-refractivity contribution in [3.63, 3.8) is 0 Å². The van der Waals surface area contributed by atoms with Crippen LogP contribution in [0.5, 0.6) is 0 Å². The maximum atomic E-state index is 6.46. The van der Waals surface area contributed by atoms with Crippen molar-refractivity contribution in [2.45, 2.75) is 0 Å². The minimum absolute atomic E-state index is 0.557. The number of hydrogen-bond acceptors (Lipinski definition) is 7. The molecular weight excluding hydrogens is 705 g/mol. The molecule has 0 saturated carbocycles. The number of para-hydroxylation sites is 1. The Bertz CT molecular complexity index is 3530. The molecule has 4 aromatic heterocycles. The second kappa shape index (κ2) is 12.3. The molecular formula is C50H28N4O3. The molecule has 57 heavy (non-hydrogen) atoms. The van der Waals surface area contributed by atoms with Crippen molar-refractivity contribution >= 4 is 65.7 Å². The van der Waals surface area contributed by atoms with E-state index in [1.54, 1.807) is 0 Å². The van der Waals surface area contributed by atoms with Crippen molar-refractivity contribution in [3.8, 4) is 56.7 Å². The summed E-state index contributed by atoms with van der Waals surface area (Å²) in [6.45, 7) is 0. The Hall–Kier alpha value is -7.90. The van der Waals surface area contributed by atoms with E-state index in [4.69, 9.17) is 33.2 Å². The standard InChI is InChI=1S/C50H28N4O3/c1-3-10-29(11-4-1)32-14-9-15-33(26-32)47-52-48(54-49(53-47)35-21-22-40-38(28-35)36-16-7-8-17-39(36)55-40)34-19-18-30-20-23-41-44(37(30)27-34)45-42(56-41)24-25-43-46(45)51-50(57-43)31-12-5-2-6-13-31/h1-28H. The summed E-state index contributed by atoms with van der Waals surface area (Å²) in [6.07, 6.45) is 0. The van der Waals surface area contributed by atoms with Crippen LogP contribution in [0.1, 0.15) is 0 Å². The summed E-state index contributed by atoms with van der Waals surface area (Å²) in [4.78, 5) is 20.5. The summed E-state index contributed by atoms with van der Waals surface area (Å²) in [6, 6.07) is 57.2. The minimum Gasteiger partial charge on any atom is -0.456 e. The third-order valence-electron chi connectivity index (χ3n) is 10.8. The molecule has 8 aromatic carbocycles. The van der Waals surface area contributed by atoms with Crippen molar-refractivity contribution in [2.24, 2.45) is 0 Å². The first-order chi connectivity index (χ1) is 28.2. The zero-order valence-electron chi connectivity index (χ0n) is 30.2. The molecule has 0 aliphatic rings. The van der Waals surface area contributed by atoms with E-state index < -0.39 is 0 Å². The molecule has 12 aromatic rings. The van der Waals surface area contributed by atoms with E-state index in [-0.39, 0.29) is 0 Å². The predicted octanol–water partition coefficient (Wildman–Crippen LogP) is 13.3. The number of benzene rings is 8. The molecule has 0 amide bonds. The third kappa shape index (κ3) is 5.13. The van der Waals surface area contributed by atoms with E-state index in [1.807, 2.05) is 97.1 Å². The van der Waals surface area contributed by atoms with Crippen molar-refractivity contribution in [1.29, 1.82) is 0 Å². The summed E-state index contributed by atoms with van der Waals surface area (Å²) < 4.78 is 18.9. The van der Waals surface area contributed by atoms with Gasteiger partial charge < -0.3 is 13.3 Å². The number of nitrogens with zero attached hydrogens (tertiary/aromatic N) is 4. The van der Waals surface area contributed by atoms with Crippen LogP contribution in [0.15, 0.2) is 183 Å². The summed E-state index contributed by atoms with van der Waals surface area (Å²) >= 11 is 0. The van der Waals surface area contributed by atoms with Crippen molar-refractivity contribution in [1.82, 2.24) is 19.9 Å². The van der Waals surface area contributed by atoms with Gasteiger partial charge in [0.05, 0.1) is 5.39 Å². The van der Waals surface area contributed by atoms with Crippen LogP contribution >= 0.6 is 0 Å². The zero-order chi connectivity index (χ0) is 37.5. The Labute approximate surface area is 324 Å². The smallest absolute Gasteiger partial charge is 0.227 e. The van der Waals surface area contributed by atoms with Gasteiger partial charge in [-0.25, -0.2) is 19.9 Å². The molecule has 0 bridgehead atoms. The van der Waals surface area contributed by atoms with E-state index in [9.17, 15) is 0 Å². The van der Waals surface area contributed by atoms with Crippen LogP contribution in [0.3, 0.4) is 0 Å². The fourth-order valence-corrected chi connectivity index (χ4v) is 8.00. The summed E-state index contributed by atoms with van der Waals surface area (Å²) in [5.74, 6) is 2.27. The Morgan fingerprint density at radius 2 is 0.842 bits per heavy atom. The minimum atomic E-state index is 0.557. The van der Waals surface area contributed by atoms with Gasteiger partial charge in [0.25, 0.3) is 0 Å². The summed E-state index contributed by atoms with van der Waals surface area (Å²) in [5, 5.41) is 5.98. The molecule has 0 N–H and O–H groups in total. The van der Waals surface area contributed by atoms with Crippen molar-refractivity contribution < 1.29 is 13.3 Å². The van der Waals surface area contributed by atoms with Gasteiger partial charge >= 0.3 is 0 Å². The van der Waals surface area contributed by atoms with E-state index in [0.29, 0.717) is 28.9 Å². The Morgan fingerprint density at radius 3 is 1.65 bits per heavy atom. The fraction of sp³-hybridized carbons (Fsp3) is 0. The quantitative estimate of drug-likeness (QED) is 0.174. The van der Waals surface area contributed by atoms with Gasteiger partial charge in [-0.3, -0.25) is 0 Å². The summed E-state index contributed by atoms with van der Waals surface area (Å²) in [5.41, 5.74) is 10.3. The van der Waals surface area contributed by atoms with Crippen LogP contribution in [0.25, 0.3) is 122 Å². The van der Waals surface area contributed by atoms with Crippen LogP contribution in [0.2, 0.25) is 0 Å². The molecule has 0 unspecified atom stereocenters. The maximum absolute atomic E-state index is 6.46. The number of aromatic nitrogens is 4. The van der Waals surface area contributed by atoms with Crippen LogP contribution in [-0.2, 0) is 0 Å².